The Morgan fingerprint density at radius 2 is 1.67 bits per heavy atom. The molecule has 0 radical (unpaired) electrons. The zero-order chi connectivity index (χ0) is 23.1. The molecule has 0 bridgehead atoms. The first-order chi connectivity index (χ1) is 15.8. The van der Waals surface area contributed by atoms with Crippen LogP contribution in [0.3, 0.4) is 0 Å². The smallest absolute Gasteiger partial charge is 0.210 e. The zero-order valence-corrected chi connectivity index (χ0v) is 19.2. The van der Waals surface area contributed by atoms with Gasteiger partial charge in [-0.15, -0.1) is 0 Å². The second kappa shape index (κ2) is 6.55. The van der Waals surface area contributed by atoms with Crippen molar-refractivity contribution in [2.45, 2.75) is 26.2 Å². The van der Waals surface area contributed by atoms with E-state index in [-0.39, 0.29) is 17.0 Å². The minimum atomic E-state index is -0.297. The Morgan fingerprint density at radius 3 is 2.39 bits per heavy atom. The van der Waals surface area contributed by atoms with Crippen LogP contribution in [-0.4, -0.2) is 33.2 Å². The lowest BCUT2D eigenvalue weighted by molar-refractivity contribution is -0.401. The van der Waals surface area contributed by atoms with Crippen molar-refractivity contribution in [3.05, 3.63) is 94.9 Å². The van der Waals surface area contributed by atoms with Crippen LogP contribution in [0.1, 0.15) is 30.7 Å². The van der Waals surface area contributed by atoms with Crippen molar-refractivity contribution in [1.29, 1.82) is 0 Å². The maximum atomic E-state index is 13.3. The third-order valence-electron chi connectivity index (χ3n) is 7.29. The summed E-state index contributed by atoms with van der Waals surface area (Å²) in [6.07, 6.45) is 1.87. The molecule has 2 heterocycles. The predicted octanol–water partition coefficient (Wildman–Crippen LogP) is 6.11. The molecule has 162 valence electrons. The highest BCUT2D eigenvalue weighted by Crippen LogP contribution is 2.45. The highest BCUT2D eigenvalue weighted by Gasteiger charge is 2.46. The summed E-state index contributed by atoms with van der Waals surface area (Å²) in [4.78, 5) is 16.6. The minimum Gasteiger partial charge on any atom is -0.506 e. The maximum absolute atomic E-state index is 13.3. The highest BCUT2D eigenvalue weighted by atomic mass is 16.3. The number of aliphatic hydroxyl groups excluding tert-OH is 1. The van der Waals surface area contributed by atoms with Crippen LogP contribution in [0.2, 0.25) is 0 Å². The fourth-order valence-electron chi connectivity index (χ4n) is 5.49. The van der Waals surface area contributed by atoms with Gasteiger partial charge in [-0.25, -0.2) is 0 Å². The van der Waals surface area contributed by atoms with Crippen molar-refractivity contribution in [2.24, 2.45) is 0 Å². The SMILES string of the molecule is Cc1[nH]c2ccccc2c1C1=C(O)/C(=C/C2=[N+](C)c3cc4ccccc4cc3C2(C)C)C1=O. The minimum absolute atomic E-state index is 0.0747. The number of nitrogens with one attached hydrogen (secondary N) is 1. The number of aromatic nitrogens is 1. The molecule has 0 saturated carbocycles. The number of nitrogens with zero attached hydrogens (tertiary/aromatic N) is 1. The van der Waals surface area contributed by atoms with Gasteiger partial charge in [0.05, 0.1) is 16.6 Å². The van der Waals surface area contributed by atoms with Crippen LogP contribution in [0, 0.1) is 6.92 Å². The molecule has 2 N–H and O–H groups in total. The van der Waals surface area contributed by atoms with E-state index in [9.17, 15) is 9.90 Å². The molecule has 0 saturated heterocycles. The fraction of sp³-hybridized carbons (Fsp3) is 0.172. The molecule has 0 spiro atoms. The molecule has 4 nitrogen and oxygen atoms in total. The third kappa shape index (κ3) is 2.58. The molecule has 0 atom stereocenters. The van der Waals surface area contributed by atoms with E-state index in [4.69, 9.17) is 0 Å². The van der Waals surface area contributed by atoms with Crippen LogP contribution in [-0.2, 0) is 10.2 Å². The molecule has 2 aliphatic rings. The van der Waals surface area contributed by atoms with Gasteiger partial charge in [-0.05, 0) is 43.7 Å². The van der Waals surface area contributed by atoms with Gasteiger partial charge in [0.15, 0.2) is 5.71 Å². The van der Waals surface area contributed by atoms with Gasteiger partial charge in [0, 0.05) is 39.9 Å². The van der Waals surface area contributed by atoms with Crippen molar-refractivity contribution in [3.8, 4) is 0 Å². The monoisotopic (exact) mass is 433 g/mol. The number of benzene rings is 3. The van der Waals surface area contributed by atoms with Crippen molar-refractivity contribution >= 4 is 44.4 Å². The number of allylic oxidation sites excluding steroid dienone is 3. The molecular formula is C29H25N2O2+. The van der Waals surface area contributed by atoms with E-state index >= 15 is 0 Å². The summed E-state index contributed by atoms with van der Waals surface area (Å²) < 4.78 is 2.14. The zero-order valence-electron chi connectivity index (χ0n) is 19.2. The number of H-pyrrole nitrogens is 1. The number of aromatic amines is 1. The van der Waals surface area contributed by atoms with Crippen molar-refractivity contribution in [2.75, 3.05) is 7.05 Å². The molecule has 1 aliphatic carbocycles. The van der Waals surface area contributed by atoms with Crippen LogP contribution in [0.5, 0.6) is 0 Å². The summed E-state index contributed by atoms with van der Waals surface area (Å²) in [5, 5.41) is 14.4. The molecule has 0 unspecified atom stereocenters. The summed E-state index contributed by atoms with van der Waals surface area (Å²) in [6, 6.07) is 20.7. The summed E-state index contributed by atoms with van der Waals surface area (Å²) in [5.41, 5.74) is 6.47. The van der Waals surface area contributed by atoms with E-state index in [1.165, 1.54) is 16.3 Å². The van der Waals surface area contributed by atoms with E-state index in [0.29, 0.717) is 11.1 Å². The van der Waals surface area contributed by atoms with Crippen molar-refractivity contribution in [3.63, 3.8) is 0 Å². The number of hydrogen-bond donors (Lipinski definition) is 2. The number of ketones is 1. The van der Waals surface area contributed by atoms with Gasteiger partial charge in [-0.2, -0.15) is 4.58 Å². The van der Waals surface area contributed by atoms with Gasteiger partial charge in [-0.3, -0.25) is 4.79 Å². The lowest BCUT2D eigenvalue weighted by atomic mass is 9.77. The molecule has 1 aromatic heterocycles. The van der Waals surface area contributed by atoms with Gasteiger partial charge in [0.25, 0.3) is 0 Å². The van der Waals surface area contributed by atoms with Crippen LogP contribution < -0.4 is 0 Å². The summed E-state index contributed by atoms with van der Waals surface area (Å²) in [7, 11) is 2.03. The number of aryl methyl sites for hydroxylation is 1. The Labute approximate surface area is 192 Å². The predicted molar refractivity (Wildman–Crippen MR) is 133 cm³/mol. The molecule has 0 fully saturated rings. The van der Waals surface area contributed by atoms with E-state index in [2.05, 4.69) is 53.7 Å². The average Bonchev–Trinajstić information content (AvgIpc) is 3.22. The molecule has 1 aliphatic heterocycles. The molecule has 6 rings (SSSR count). The number of carbonyl (C=O) groups is 1. The lowest BCUT2D eigenvalue weighted by Gasteiger charge is -2.23. The number of para-hydroxylation sites is 1. The number of rotatable bonds is 2. The molecule has 0 amide bonds. The Bertz CT molecular complexity index is 1630. The highest BCUT2D eigenvalue weighted by molar-refractivity contribution is 6.41. The van der Waals surface area contributed by atoms with E-state index in [1.807, 2.05) is 50.4 Å². The van der Waals surface area contributed by atoms with E-state index in [0.717, 1.165) is 33.6 Å². The van der Waals surface area contributed by atoms with Crippen LogP contribution in [0.15, 0.2) is 78.1 Å². The summed E-state index contributed by atoms with van der Waals surface area (Å²) >= 11 is 0. The van der Waals surface area contributed by atoms with Crippen LogP contribution in [0.25, 0.3) is 27.2 Å². The molecule has 4 aromatic rings. The number of Topliss-reactive ketones (excluding diaryl/α,β-unsaturated/α-hetero) is 1. The van der Waals surface area contributed by atoms with Crippen LogP contribution in [0.4, 0.5) is 5.69 Å². The van der Waals surface area contributed by atoms with Gasteiger partial charge in [0.1, 0.15) is 12.8 Å². The Morgan fingerprint density at radius 1 is 1.00 bits per heavy atom. The molecular weight excluding hydrogens is 408 g/mol. The van der Waals surface area contributed by atoms with Gasteiger partial charge in [-0.1, -0.05) is 42.5 Å². The van der Waals surface area contributed by atoms with Gasteiger partial charge < -0.3 is 10.1 Å². The number of hydrogen-bond acceptors (Lipinski definition) is 2. The topological polar surface area (TPSA) is 56.1 Å². The Kier molecular flexibility index (Phi) is 3.92. The van der Waals surface area contributed by atoms with Crippen molar-refractivity contribution in [1.82, 2.24) is 4.98 Å². The third-order valence-corrected chi connectivity index (χ3v) is 7.29. The summed E-state index contributed by atoms with van der Waals surface area (Å²) in [5.74, 6) is -0.0381. The Balaban J connectivity index is 1.49. The number of carbonyl (C=O) groups excluding carboxylic acids is 1. The first-order valence-electron chi connectivity index (χ1n) is 11.2. The largest absolute Gasteiger partial charge is 0.506 e. The van der Waals surface area contributed by atoms with Gasteiger partial charge >= 0.3 is 0 Å². The lowest BCUT2D eigenvalue weighted by Crippen LogP contribution is -2.30. The van der Waals surface area contributed by atoms with Crippen LogP contribution >= 0.6 is 0 Å². The maximum Gasteiger partial charge on any atom is 0.210 e. The van der Waals surface area contributed by atoms with E-state index in [1.54, 1.807) is 0 Å². The molecule has 3 aromatic carbocycles. The second-order valence-corrected chi connectivity index (χ2v) is 9.57. The molecule has 33 heavy (non-hydrogen) atoms. The average molecular weight is 434 g/mol. The van der Waals surface area contributed by atoms with Gasteiger partial charge in [0.2, 0.25) is 11.5 Å². The van der Waals surface area contributed by atoms with E-state index < -0.39 is 0 Å². The standard InChI is InChI=1S/C29H24N2O2/c1-16-25(19-11-7-8-12-22(19)30-16)26-27(32)20(28(26)33)15-24-29(2,3)21-13-17-9-5-6-10-18(17)14-23(21)31(24)4/h5-15H,1-4H3,(H,32,33)/p+1. The summed E-state index contributed by atoms with van der Waals surface area (Å²) in [6.45, 7) is 6.28. The van der Waals surface area contributed by atoms with Crippen molar-refractivity contribution < 1.29 is 14.5 Å². The first kappa shape index (κ1) is 19.7. The Hall–Kier alpha value is -3.92. The quantitative estimate of drug-likeness (QED) is 0.296. The number of aliphatic hydroxyl groups is 1. The fourth-order valence-corrected chi connectivity index (χ4v) is 5.49. The second-order valence-electron chi connectivity index (χ2n) is 9.57. The normalized spacial score (nSPS) is 18.5. The first-order valence-corrected chi connectivity index (χ1v) is 11.2. The number of fused-ring (bicyclic) bond motifs is 3. The molecule has 4 heteroatoms.